The van der Waals surface area contributed by atoms with Crippen LogP contribution in [0.1, 0.15) is 29.9 Å². The Morgan fingerprint density at radius 3 is 2.89 bits per heavy atom. The van der Waals surface area contributed by atoms with Crippen molar-refractivity contribution in [1.82, 2.24) is 5.32 Å². The molecule has 0 aliphatic carbocycles. The Labute approximate surface area is 112 Å². The van der Waals surface area contributed by atoms with Gasteiger partial charge in [0.05, 0.1) is 12.5 Å². The van der Waals surface area contributed by atoms with Gasteiger partial charge in [-0.25, -0.2) is 0 Å². The highest BCUT2D eigenvalue weighted by atomic mass is 16.5. The van der Waals surface area contributed by atoms with Gasteiger partial charge in [0, 0.05) is 6.42 Å². The number of carboxylic acids is 1. The molecule has 102 valence electrons. The number of carboxylic acid groups (broad SMARTS) is 1. The van der Waals surface area contributed by atoms with E-state index < -0.39 is 5.97 Å². The first-order valence-electron chi connectivity index (χ1n) is 6.95. The van der Waals surface area contributed by atoms with Gasteiger partial charge in [0.1, 0.15) is 5.75 Å². The molecular weight excluding hydrogens is 242 g/mol. The molecule has 1 atom stereocenters. The summed E-state index contributed by atoms with van der Waals surface area (Å²) < 4.78 is 5.48. The average molecular weight is 261 g/mol. The topological polar surface area (TPSA) is 58.6 Å². The first kappa shape index (κ1) is 12.5. The molecule has 0 spiro atoms. The van der Waals surface area contributed by atoms with Crippen molar-refractivity contribution < 1.29 is 14.6 Å². The first-order chi connectivity index (χ1) is 9.25. The summed E-state index contributed by atoms with van der Waals surface area (Å²) in [7, 11) is 0. The van der Waals surface area contributed by atoms with Gasteiger partial charge in [-0.2, -0.15) is 0 Å². The molecule has 0 bridgehead atoms. The summed E-state index contributed by atoms with van der Waals surface area (Å²) in [4.78, 5) is 11.6. The van der Waals surface area contributed by atoms with Crippen LogP contribution in [0.25, 0.3) is 0 Å². The normalized spacial score (nSPS) is 20.6. The van der Waals surface area contributed by atoms with Crippen LogP contribution in [0.3, 0.4) is 0 Å². The van der Waals surface area contributed by atoms with Crippen LogP contribution >= 0.6 is 0 Å². The molecule has 0 radical (unpaired) electrons. The van der Waals surface area contributed by atoms with Gasteiger partial charge < -0.3 is 15.2 Å². The SMILES string of the molecule is O=C(O)C(c1ccc2c(c1)CCO2)C1CCNCC1. The molecule has 0 saturated carbocycles. The first-order valence-corrected chi connectivity index (χ1v) is 6.95. The lowest BCUT2D eigenvalue weighted by Crippen LogP contribution is -2.33. The molecule has 2 heterocycles. The lowest BCUT2D eigenvalue weighted by Gasteiger charge is -2.28. The van der Waals surface area contributed by atoms with Crippen LogP contribution in [0.5, 0.6) is 5.75 Å². The molecule has 0 aromatic heterocycles. The van der Waals surface area contributed by atoms with Gasteiger partial charge in [-0.15, -0.1) is 0 Å². The second-order valence-electron chi connectivity index (χ2n) is 5.37. The van der Waals surface area contributed by atoms with E-state index in [1.807, 2.05) is 18.2 Å². The molecule has 1 aromatic carbocycles. The zero-order valence-corrected chi connectivity index (χ0v) is 10.9. The zero-order chi connectivity index (χ0) is 13.2. The van der Waals surface area contributed by atoms with Crippen LogP contribution < -0.4 is 10.1 Å². The molecule has 19 heavy (non-hydrogen) atoms. The zero-order valence-electron chi connectivity index (χ0n) is 10.9. The van der Waals surface area contributed by atoms with Gasteiger partial charge in [0.15, 0.2) is 0 Å². The van der Waals surface area contributed by atoms with Crippen molar-refractivity contribution in [3.63, 3.8) is 0 Å². The van der Waals surface area contributed by atoms with E-state index in [2.05, 4.69) is 5.32 Å². The minimum atomic E-state index is -0.703. The van der Waals surface area contributed by atoms with Gasteiger partial charge in [0.25, 0.3) is 0 Å². The van der Waals surface area contributed by atoms with Crippen LogP contribution in [0.4, 0.5) is 0 Å². The summed E-state index contributed by atoms with van der Waals surface area (Å²) in [5.74, 6) is 0.0658. The Bertz CT molecular complexity index is 480. The molecule has 4 heteroatoms. The summed E-state index contributed by atoms with van der Waals surface area (Å²) in [5, 5.41) is 12.9. The summed E-state index contributed by atoms with van der Waals surface area (Å²) in [5.41, 5.74) is 2.08. The summed E-state index contributed by atoms with van der Waals surface area (Å²) in [6.07, 6.45) is 2.76. The van der Waals surface area contributed by atoms with Crippen LogP contribution in [0.2, 0.25) is 0 Å². The molecule has 1 aromatic rings. The highest BCUT2D eigenvalue weighted by molar-refractivity contribution is 5.76. The van der Waals surface area contributed by atoms with Gasteiger partial charge in [0.2, 0.25) is 0 Å². The predicted molar refractivity (Wildman–Crippen MR) is 71.6 cm³/mol. The highest BCUT2D eigenvalue weighted by Crippen LogP contribution is 2.35. The van der Waals surface area contributed by atoms with Crippen LogP contribution in [0, 0.1) is 5.92 Å². The van der Waals surface area contributed by atoms with Crippen molar-refractivity contribution in [1.29, 1.82) is 0 Å². The van der Waals surface area contributed by atoms with E-state index in [1.165, 1.54) is 0 Å². The molecule has 3 rings (SSSR count). The van der Waals surface area contributed by atoms with E-state index in [4.69, 9.17) is 4.74 Å². The lowest BCUT2D eigenvalue weighted by molar-refractivity contribution is -0.140. The number of aliphatic carboxylic acids is 1. The molecule has 1 saturated heterocycles. The molecule has 1 fully saturated rings. The van der Waals surface area contributed by atoms with Gasteiger partial charge in [-0.1, -0.05) is 12.1 Å². The van der Waals surface area contributed by atoms with E-state index >= 15 is 0 Å². The maximum absolute atomic E-state index is 11.6. The Kier molecular flexibility index (Phi) is 3.42. The maximum atomic E-state index is 11.6. The van der Waals surface area contributed by atoms with E-state index in [-0.39, 0.29) is 11.8 Å². The minimum Gasteiger partial charge on any atom is -0.493 e. The molecule has 1 unspecified atom stereocenters. The predicted octanol–water partition coefficient (Wildman–Crippen LogP) is 1.79. The average Bonchev–Trinajstić information content (AvgIpc) is 2.87. The summed E-state index contributed by atoms with van der Waals surface area (Å²) in [6.45, 7) is 2.55. The van der Waals surface area contributed by atoms with Crippen molar-refractivity contribution in [2.75, 3.05) is 19.7 Å². The van der Waals surface area contributed by atoms with E-state index in [0.29, 0.717) is 6.61 Å². The van der Waals surface area contributed by atoms with Gasteiger partial charge >= 0.3 is 5.97 Å². The molecular formula is C15H19NO3. The third-order valence-corrected chi connectivity index (χ3v) is 4.19. The molecule has 2 aliphatic heterocycles. The summed E-state index contributed by atoms with van der Waals surface area (Å²) >= 11 is 0. The van der Waals surface area contributed by atoms with Gasteiger partial charge in [-0.3, -0.25) is 4.79 Å². The Hall–Kier alpha value is -1.55. The Morgan fingerprint density at radius 1 is 1.37 bits per heavy atom. The van der Waals surface area contributed by atoms with Crippen LogP contribution in [-0.4, -0.2) is 30.8 Å². The van der Waals surface area contributed by atoms with Gasteiger partial charge in [-0.05, 0) is 49.0 Å². The number of ether oxygens (including phenoxy) is 1. The van der Waals surface area contributed by atoms with Crippen molar-refractivity contribution in [2.24, 2.45) is 5.92 Å². The number of nitrogens with one attached hydrogen (secondary N) is 1. The van der Waals surface area contributed by atoms with E-state index in [1.54, 1.807) is 0 Å². The van der Waals surface area contributed by atoms with Crippen molar-refractivity contribution in [3.05, 3.63) is 29.3 Å². The highest BCUT2D eigenvalue weighted by Gasteiger charge is 2.31. The van der Waals surface area contributed by atoms with Crippen molar-refractivity contribution in [2.45, 2.75) is 25.2 Å². The minimum absolute atomic E-state index is 0.235. The maximum Gasteiger partial charge on any atom is 0.311 e. The molecule has 2 aliphatic rings. The van der Waals surface area contributed by atoms with Crippen molar-refractivity contribution >= 4 is 5.97 Å². The number of piperidine rings is 1. The Balaban J connectivity index is 1.89. The number of rotatable bonds is 3. The number of hydrogen-bond acceptors (Lipinski definition) is 3. The molecule has 4 nitrogen and oxygen atoms in total. The summed E-state index contributed by atoms with van der Waals surface area (Å²) in [6, 6.07) is 5.88. The second kappa shape index (κ2) is 5.21. The lowest BCUT2D eigenvalue weighted by atomic mass is 9.80. The fourth-order valence-electron chi connectivity index (χ4n) is 3.19. The molecule has 0 amide bonds. The smallest absolute Gasteiger partial charge is 0.311 e. The quantitative estimate of drug-likeness (QED) is 0.871. The number of fused-ring (bicyclic) bond motifs is 1. The monoisotopic (exact) mass is 261 g/mol. The molecule has 2 N–H and O–H groups in total. The number of benzene rings is 1. The Morgan fingerprint density at radius 2 is 2.16 bits per heavy atom. The third kappa shape index (κ3) is 2.45. The van der Waals surface area contributed by atoms with Crippen LogP contribution in [-0.2, 0) is 11.2 Å². The van der Waals surface area contributed by atoms with E-state index in [0.717, 1.165) is 49.2 Å². The fraction of sp³-hybridized carbons (Fsp3) is 0.533. The van der Waals surface area contributed by atoms with Crippen LogP contribution in [0.15, 0.2) is 18.2 Å². The van der Waals surface area contributed by atoms with Crippen molar-refractivity contribution in [3.8, 4) is 5.75 Å². The standard InChI is InChI=1S/C15H19NO3/c17-15(18)14(10-3-6-16-7-4-10)12-1-2-13-11(9-12)5-8-19-13/h1-2,9-10,14,16H,3-8H2,(H,17,18). The third-order valence-electron chi connectivity index (χ3n) is 4.19. The number of hydrogen-bond donors (Lipinski definition) is 2. The largest absolute Gasteiger partial charge is 0.493 e. The second-order valence-corrected chi connectivity index (χ2v) is 5.37. The number of carbonyl (C=O) groups is 1. The van der Waals surface area contributed by atoms with E-state index in [9.17, 15) is 9.90 Å². The fourth-order valence-corrected chi connectivity index (χ4v) is 3.19.